The number of aromatic nitrogens is 1. The Bertz CT molecular complexity index is 1120. The van der Waals surface area contributed by atoms with Crippen LogP contribution in [0.2, 0.25) is 0 Å². The van der Waals surface area contributed by atoms with Gasteiger partial charge in [0.15, 0.2) is 11.7 Å². The predicted molar refractivity (Wildman–Crippen MR) is 109 cm³/mol. The van der Waals surface area contributed by atoms with Crippen LogP contribution in [0.3, 0.4) is 0 Å². The maximum absolute atomic E-state index is 12.5. The van der Waals surface area contributed by atoms with E-state index in [2.05, 4.69) is 4.98 Å². The molecule has 1 unspecified atom stereocenters. The Kier molecular flexibility index (Phi) is 6.00. The number of nitro groups is 1. The number of nitriles is 1. The number of non-ortho nitro benzene ring substituents is 1. The van der Waals surface area contributed by atoms with Crippen LogP contribution in [0.4, 0.5) is 5.69 Å². The van der Waals surface area contributed by atoms with Crippen molar-refractivity contribution in [2.45, 2.75) is 19.8 Å². The molecule has 1 heterocycles. The van der Waals surface area contributed by atoms with Crippen LogP contribution in [0, 0.1) is 35.3 Å². The first-order valence-corrected chi connectivity index (χ1v) is 9.59. The highest BCUT2D eigenvalue weighted by molar-refractivity contribution is 7.10. The summed E-state index contributed by atoms with van der Waals surface area (Å²) in [6.07, 6.45) is 0. The zero-order valence-electron chi connectivity index (χ0n) is 15.8. The fraction of sp³-hybridized carbons (Fsp3) is 0.190. The van der Waals surface area contributed by atoms with Crippen LogP contribution in [0.1, 0.15) is 22.1 Å². The van der Waals surface area contributed by atoms with E-state index in [0.29, 0.717) is 22.0 Å². The van der Waals surface area contributed by atoms with Gasteiger partial charge in [0.2, 0.25) is 0 Å². The molecule has 3 rings (SSSR count). The number of hydrogen-bond acceptors (Lipinski definition) is 7. The first kappa shape index (κ1) is 20.2. The molecule has 0 aliphatic heterocycles. The van der Waals surface area contributed by atoms with Gasteiger partial charge in [-0.3, -0.25) is 14.9 Å². The lowest BCUT2D eigenvalue weighted by molar-refractivity contribution is -0.384. The molecule has 0 amide bonds. The number of ketones is 1. The number of nitro benzene ring substituents is 1. The molecule has 8 heteroatoms. The van der Waals surface area contributed by atoms with Crippen molar-refractivity contribution < 1.29 is 14.5 Å². The smallest absolute Gasteiger partial charge is 0.270 e. The average Bonchev–Trinajstić information content (AvgIpc) is 3.18. The topological polar surface area (TPSA) is 106 Å². The van der Waals surface area contributed by atoms with Gasteiger partial charge in [-0.1, -0.05) is 29.8 Å². The number of Topliss-reactive ketones (excluding diaryl/α,β-unsaturated/α-hetero) is 1. The highest BCUT2D eigenvalue weighted by Gasteiger charge is 2.25. The first-order valence-electron chi connectivity index (χ1n) is 8.71. The molecule has 0 radical (unpaired) electrons. The van der Waals surface area contributed by atoms with Gasteiger partial charge >= 0.3 is 0 Å². The molecule has 7 nitrogen and oxygen atoms in total. The van der Waals surface area contributed by atoms with Crippen LogP contribution in [-0.2, 0) is 4.79 Å². The molecule has 3 aromatic rings. The fourth-order valence-electron chi connectivity index (χ4n) is 2.79. The third kappa shape index (κ3) is 4.65. The van der Waals surface area contributed by atoms with Crippen molar-refractivity contribution >= 4 is 22.8 Å². The molecule has 0 fully saturated rings. The maximum Gasteiger partial charge on any atom is 0.270 e. The van der Waals surface area contributed by atoms with E-state index in [9.17, 15) is 20.2 Å². The monoisotopic (exact) mass is 407 g/mol. The molecule has 0 saturated heterocycles. The quantitative estimate of drug-likeness (QED) is 0.419. The normalized spacial score (nSPS) is 11.5. The molecule has 0 saturated carbocycles. The summed E-state index contributed by atoms with van der Waals surface area (Å²) in [6, 6.07) is 13.7. The fourth-order valence-corrected chi connectivity index (χ4v) is 3.68. The molecular weight excluding hydrogens is 390 g/mol. The Morgan fingerprint density at radius 1 is 1.31 bits per heavy atom. The number of thiazole rings is 1. The van der Waals surface area contributed by atoms with Crippen molar-refractivity contribution in [2.24, 2.45) is 0 Å². The molecule has 0 spiro atoms. The zero-order chi connectivity index (χ0) is 21.0. The summed E-state index contributed by atoms with van der Waals surface area (Å²) in [5.41, 5.74) is 2.99. The lowest BCUT2D eigenvalue weighted by atomic mass is 10.1. The first-order chi connectivity index (χ1) is 13.9. The second-order valence-corrected chi connectivity index (χ2v) is 7.35. The minimum Gasteiger partial charge on any atom is -0.485 e. The van der Waals surface area contributed by atoms with Crippen LogP contribution in [0.5, 0.6) is 5.75 Å². The Labute approximate surface area is 171 Å². The Balaban J connectivity index is 1.75. The second-order valence-electron chi connectivity index (χ2n) is 6.46. The lowest BCUT2D eigenvalue weighted by Gasteiger charge is -2.10. The molecule has 0 aliphatic rings. The van der Waals surface area contributed by atoms with E-state index < -0.39 is 16.6 Å². The van der Waals surface area contributed by atoms with Crippen molar-refractivity contribution in [1.29, 1.82) is 5.26 Å². The highest BCUT2D eigenvalue weighted by atomic mass is 32.1. The highest BCUT2D eigenvalue weighted by Crippen LogP contribution is 2.29. The van der Waals surface area contributed by atoms with Crippen molar-refractivity contribution in [3.05, 3.63) is 74.1 Å². The van der Waals surface area contributed by atoms with Crippen LogP contribution < -0.4 is 4.74 Å². The van der Waals surface area contributed by atoms with Gasteiger partial charge in [0, 0.05) is 23.1 Å². The summed E-state index contributed by atoms with van der Waals surface area (Å²) >= 11 is 1.17. The van der Waals surface area contributed by atoms with E-state index in [-0.39, 0.29) is 12.3 Å². The number of carbonyl (C=O) groups is 1. The summed E-state index contributed by atoms with van der Waals surface area (Å²) in [5, 5.41) is 22.5. The summed E-state index contributed by atoms with van der Waals surface area (Å²) in [4.78, 5) is 27.4. The maximum atomic E-state index is 12.5. The van der Waals surface area contributed by atoms with E-state index in [1.165, 1.54) is 23.5 Å². The van der Waals surface area contributed by atoms with Crippen LogP contribution in [-0.4, -0.2) is 22.3 Å². The molecule has 0 bridgehead atoms. The van der Waals surface area contributed by atoms with Crippen LogP contribution in [0.25, 0.3) is 11.3 Å². The number of rotatable bonds is 7. The zero-order valence-corrected chi connectivity index (χ0v) is 16.6. The summed E-state index contributed by atoms with van der Waals surface area (Å²) < 4.78 is 5.59. The standard InChI is InChI=1S/C21H17N3O4S/c1-13-6-7-20(14(2)8-13)28-11-19(25)17(10-22)21-23-18(12-29-21)15-4-3-5-16(9-15)24(26)27/h3-9,12,17H,11H2,1-2H3. The number of nitrogens with zero attached hydrogens (tertiary/aromatic N) is 3. The molecule has 1 aromatic heterocycles. The van der Waals surface area contributed by atoms with Crippen molar-refractivity contribution in [2.75, 3.05) is 6.61 Å². The van der Waals surface area contributed by atoms with Gasteiger partial charge in [0.25, 0.3) is 5.69 Å². The summed E-state index contributed by atoms with van der Waals surface area (Å²) in [5.74, 6) is -0.859. The van der Waals surface area contributed by atoms with Gasteiger partial charge in [0.05, 0.1) is 16.7 Å². The van der Waals surface area contributed by atoms with E-state index in [4.69, 9.17) is 4.74 Å². The number of benzene rings is 2. The molecule has 2 aromatic carbocycles. The number of ether oxygens (including phenoxy) is 1. The van der Waals surface area contributed by atoms with Crippen molar-refractivity contribution in [3.63, 3.8) is 0 Å². The van der Waals surface area contributed by atoms with Crippen molar-refractivity contribution in [1.82, 2.24) is 4.98 Å². The summed E-state index contributed by atoms with van der Waals surface area (Å²) in [7, 11) is 0. The SMILES string of the molecule is Cc1ccc(OCC(=O)C(C#N)c2nc(-c3cccc([N+](=O)[O-])c3)cs2)c(C)c1. The number of hydrogen-bond donors (Lipinski definition) is 0. The molecule has 29 heavy (non-hydrogen) atoms. The molecule has 0 aliphatic carbocycles. The third-order valence-electron chi connectivity index (χ3n) is 4.27. The number of carbonyl (C=O) groups excluding carboxylic acids is 1. The third-order valence-corrected chi connectivity index (χ3v) is 5.18. The van der Waals surface area contributed by atoms with Gasteiger partial charge < -0.3 is 4.74 Å². The number of aryl methyl sites for hydroxylation is 2. The molecule has 0 N–H and O–H groups in total. The molecule has 146 valence electrons. The van der Waals surface area contributed by atoms with Gasteiger partial charge in [-0.2, -0.15) is 5.26 Å². The Morgan fingerprint density at radius 3 is 2.79 bits per heavy atom. The second kappa shape index (κ2) is 8.63. The largest absolute Gasteiger partial charge is 0.485 e. The molecular formula is C21H17N3O4S. The molecule has 1 atom stereocenters. The van der Waals surface area contributed by atoms with Gasteiger partial charge in [0.1, 0.15) is 17.4 Å². The minimum absolute atomic E-state index is 0.0492. The summed E-state index contributed by atoms with van der Waals surface area (Å²) in [6.45, 7) is 3.61. The van der Waals surface area contributed by atoms with E-state index in [1.807, 2.05) is 32.0 Å². The van der Waals surface area contributed by atoms with E-state index in [0.717, 1.165) is 11.1 Å². The van der Waals surface area contributed by atoms with E-state index >= 15 is 0 Å². The van der Waals surface area contributed by atoms with Gasteiger partial charge in [-0.05, 0) is 25.5 Å². The average molecular weight is 407 g/mol. The van der Waals surface area contributed by atoms with Gasteiger partial charge in [-0.25, -0.2) is 4.98 Å². The van der Waals surface area contributed by atoms with Gasteiger partial charge in [-0.15, -0.1) is 11.3 Å². The Hall–Kier alpha value is -3.57. The van der Waals surface area contributed by atoms with Crippen molar-refractivity contribution in [3.8, 4) is 23.1 Å². The minimum atomic E-state index is -1.06. The predicted octanol–water partition coefficient (Wildman–Crippen LogP) is 4.59. The van der Waals surface area contributed by atoms with Crippen LogP contribution in [0.15, 0.2) is 47.8 Å². The van der Waals surface area contributed by atoms with E-state index in [1.54, 1.807) is 23.6 Å². The lowest BCUT2D eigenvalue weighted by Crippen LogP contribution is -2.19. The Morgan fingerprint density at radius 2 is 2.10 bits per heavy atom. The van der Waals surface area contributed by atoms with Crippen LogP contribution >= 0.6 is 11.3 Å².